The van der Waals surface area contributed by atoms with E-state index in [1.165, 1.54) is 37.4 Å². The molecule has 158 valence electrons. The zero-order valence-corrected chi connectivity index (χ0v) is 17.2. The number of nitro benzene ring substituents is 1. The van der Waals surface area contributed by atoms with Crippen LogP contribution in [-0.4, -0.2) is 24.0 Å². The molecule has 0 aliphatic rings. The summed E-state index contributed by atoms with van der Waals surface area (Å²) >= 11 is 4.23. The first-order valence-electron chi connectivity index (χ1n) is 8.98. The molecular formula is C21H18N4O5S. The summed E-state index contributed by atoms with van der Waals surface area (Å²) in [6.07, 6.45) is 0. The molecule has 0 heterocycles. The van der Waals surface area contributed by atoms with Crippen LogP contribution in [0.15, 0.2) is 72.8 Å². The van der Waals surface area contributed by atoms with Gasteiger partial charge < -0.3 is 15.4 Å². The molecule has 3 aromatic carbocycles. The molecule has 0 spiro atoms. The molecule has 0 saturated carbocycles. The van der Waals surface area contributed by atoms with Crippen molar-refractivity contribution in [3.63, 3.8) is 0 Å². The minimum Gasteiger partial charge on any atom is -0.495 e. The predicted molar refractivity (Wildman–Crippen MR) is 121 cm³/mol. The average Bonchev–Trinajstić information content (AvgIpc) is 2.78. The van der Waals surface area contributed by atoms with Gasteiger partial charge in [0.1, 0.15) is 5.75 Å². The van der Waals surface area contributed by atoms with Crippen LogP contribution in [0.5, 0.6) is 5.75 Å². The van der Waals surface area contributed by atoms with E-state index in [0.717, 1.165) is 4.31 Å². The molecule has 0 aliphatic heterocycles. The second-order valence-electron chi connectivity index (χ2n) is 6.26. The SMILES string of the molecule is COc1ccc(C(=O)Nc2ccccc2)cc1N(S)C(=O)Nc1cccc([N+](=O)[O-])c1. The molecule has 0 saturated heterocycles. The molecule has 0 unspecified atom stereocenters. The Balaban J connectivity index is 1.82. The number of nitrogens with one attached hydrogen (secondary N) is 2. The van der Waals surface area contributed by atoms with Crippen LogP contribution >= 0.6 is 12.8 Å². The number of nitro groups is 1. The van der Waals surface area contributed by atoms with Gasteiger partial charge in [-0.1, -0.05) is 37.1 Å². The Morgan fingerprint density at radius 2 is 1.68 bits per heavy atom. The van der Waals surface area contributed by atoms with Crippen molar-refractivity contribution in [3.8, 4) is 5.75 Å². The lowest BCUT2D eigenvalue weighted by atomic mass is 10.1. The number of thiol groups is 1. The van der Waals surface area contributed by atoms with E-state index in [9.17, 15) is 19.7 Å². The maximum Gasteiger partial charge on any atom is 0.336 e. The summed E-state index contributed by atoms with van der Waals surface area (Å²) in [5, 5.41) is 16.2. The van der Waals surface area contributed by atoms with E-state index in [-0.39, 0.29) is 28.5 Å². The summed E-state index contributed by atoms with van der Waals surface area (Å²) in [5.74, 6) is -0.0728. The number of amides is 3. The molecule has 0 aliphatic carbocycles. The van der Waals surface area contributed by atoms with Crippen molar-refractivity contribution in [1.82, 2.24) is 0 Å². The molecule has 0 aromatic heterocycles. The van der Waals surface area contributed by atoms with Gasteiger partial charge in [-0.25, -0.2) is 9.10 Å². The average molecular weight is 438 g/mol. The van der Waals surface area contributed by atoms with E-state index >= 15 is 0 Å². The zero-order chi connectivity index (χ0) is 22.4. The monoisotopic (exact) mass is 438 g/mol. The number of carbonyl (C=O) groups is 2. The van der Waals surface area contributed by atoms with Gasteiger partial charge in [-0.15, -0.1) is 0 Å². The molecular weight excluding hydrogens is 420 g/mol. The Morgan fingerprint density at radius 3 is 2.35 bits per heavy atom. The van der Waals surface area contributed by atoms with Crippen LogP contribution in [0, 0.1) is 10.1 Å². The molecule has 31 heavy (non-hydrogen) atoms. The number of carbonyl (C=O) groups excluding carboxylic acids is 2. The lowest BCUT2D eigenvalue weighted by Gasteiger charge is -2.20. The third kappa shape index (κ3) is 5.31. The van der Waals surface area contributed by atoms with Gasteiger partial charge in [0, 0.05) is 29.1 Å². The number of anilines is 3. The highest BCUT2D eigenvalue weighted by molar-refractivity contribution is 7.82. The molecule has 10 heteroatoms. The second-order valence-corrected chi connectivity index (χ2v) is 6.66. The van der Waals surface area contributed by atoms with Crippen molar-refractivity contribution in [2.75, 3.05) is 22.0 Å². The van der Waals surface area contributed by atoms with Crippen molar-refractivity contribution >= 4 is 47.5 Å². The van der Waals surface area contributed by atoms with Gasteiger partial charge in [0.05, 0.1) is 17.7 Å². The number of rotatable bonds is 6. The third-order valence-corrected chi connectivity index (χ3v) is 4.60. The molecule has 0 fully saturated rings. The third-order valence-electron chi connectivity index (χ3n) is 4.20. The molecule has 0 bridgehead atoms. The van der Waals surface area contributed by atoms with Gasteiger partial charge >= 0.3 is 6.03 Å². The second kappa shape index (κ2) is 9.63. The Kier molecular flexibility index (Phi) is 6.73. The van der Waals surface area contributed by atoms with Crippen molar-refractivity contribution in [2.45, 2.75) is 0 Å². The minimum atomic E-state index is -0.692. The molecule has 9 nitrogen and oxygen atoms in total. The smallest absolute Gasteiger partial charge is 0.336 e. The van der Waals surface area contributed by atoms with Crippen LogP contribution in [-0.2, 0) is 0 Å². The molecule has 3 aromatic rings. The molecule has 3 amide bonds. The Hall–Kier alpha value is -4.05. The molecule has 0 atom stereocenters. The highest BCUT2D eigenvalue weighted by atomic mass is 32.1. The summed E-state index contributed by atoms with van der Waals surface area (Å²) < 4.78 is 6.23. The fourth-order valence-electron chi connectivity index (χ4n) is 2.70. The maximum atomic E-state index is 12.6. The number of hydrogen-bond acceptors (Lipinski definition) is 6. The van der Waals surface area contributed by atoms with E-state index in [0.29, 0.717) is 11.4 Å². The Labute approximate surface area is 183 Å². The normalized spacial score (nSPS) is 10.1. The van der Waals surface area contributed by atoms with E-state index in [2.05, 4.69) is 23.4 Å². The fraction of sp³-hybridized carbons (Fsp3) is 0.0476. The topological polar surface area (TPSA) is 114 Å². The van der Waals surface area contributed by atoms with Crippen LogP contribution in [0.25, 0.3) is 0 Å². The van der Waals surface area contributed by atoms with Crippen molar-refractivity contribution in [2.24, 2.45) is 0 Å². The Bertz CT molecular complexity index is 1120. The van der Waals surface area contributed by atoms with Gasteiger partial charge in [-0.3, -0.25) is 14.9 Å². The number of hydrogen-bond donors (Lipinski definition) is 3. The van der Waals surface area contributed by atoms with E-state index in [4.69, 9.17) is 4.74 Å². The van der Waals surface area contributed by atoms with Crippen molar-refractivity contribution < 1.29 is 19.2 Å². The number of non-ortho nitro benzene ring substituents is 1. The summed E-state index contributed by atoms with van der Waals surface area (Å²) in [7, 11) is 1.42. The standard InChI is InChI=1S/C21H18N4O5S/c1-30-19-11-10-14(20(26)22-15-6-3-2-4-7-15)12-18(19)24(31)21(27)23-16-8-5-9-17(13-16)25(28)29/h2-13,31H,1H3,(H,22,26)(H,23,27). The highest BCUT2D eigenvalue weighted by Gasteiger charge is 2.20. The van der Waals surface area contributed by atoms with E-state index < -0.39 is 11.0 Å². The summed E-state index contributed by atoms with van der Waals surface area (Å²) in [6.45, 7) is 0. The van der Waals surface area contributed by atoms with Crippen molar-refractivity contribution in [3.05, 3.63) is 88.5 Å². The van der Waals surface area contributed by atoms with Gasteiger partial charge in [0.25, 0.3) is 11.6 Å². The minimum absolute atomic E-state index is 0.166. The fourth-order valence-corrected chi connectivity index (χ4v) is 2.91. The summed E-state index contributed by atoms with van der Waals surface area (Å²) in [5.41, 5.74) is 1.17. The highest BCUT2D eigenvalue weighted by Crippen LogP contribution is 2.31. The zero-order valence-electron chi connectivity index (χ0n) is 16.3. The predicted octanol–water partition coefficient (Wildman–Crippen LogP) is 4.74. The first-order chi connectivity index (χ1) is 14.9. The quantitative estimate of drug-likeness (QED) is 0.292. The molecule has 3 rings (SSSR count). The Morgan fingerprint density at radius 1 is 0.968 bits per heavy atom. The van der Waals surface area contributed by atoms with Gasteiger partial charge in [0.15, 0.2) is 0 Å². The molecule has 2 N–H and O–H groups in total. The van der Waals surface area contributed by atoms with E-state index in [1.54, 1.807) is 36.4 Å². The number of urea groups is 1. The van der Waals surface area contributed by atoms with Crippen LogP contribution in [0.4, 0.5) is 27.5 Å². The number of nitrogens with zero attached hydrogens (tertiary/aromatic N) is 2. The van der Waals surface area contributed by atoms with Gasteiger partial charge in [0.2, 0.25) is 0 Å². The summed E-state index contributed by atoms with van der Waals surface area (Å²) in [4.78, 5) is 35.6. The largest absolute Gasteiger partial charge is 0.495 e. The number of ether oxygens (including phenoxy) is 1. The molecule has 0 radical (unpaired) electrons. The first kappa shape index (κ1) is 21.7. The maximum absolute atomic E-state index is 12.6. The number of benzene rings is 3. The first-order valence-corrected chi connectivity index (χ1v) is 9.38. The van der Waals surface area contributed by atoms with Crippen LogP contribution in [0.1, 0.15) is 10.4 Å². The number of para-hydroxylation sites is 1. The van der Waals surface area contributed by atoms with Crippen LogP contribution in [0.2, 0.25) is 0 Å². The van der Waals surface area contributed by atoms with Gasteiger partial charge in [-0.05, 0) is 36.4 Å². The summed E-state index contributed by atoms with van der Waals surface area (Å²) in [6, 6.07) is 18.3. The van der Waals surface area contributed by atoms with Crippen LogP contribution < -0.4 is 19.7 Å². The lowest BCUT2D eigenvalue weighted by Crippen LogP contribution is -2.27. The number of methoxy groups -OCH3 is 1. The van der Waals surface area contributed by atoms with Crippen LogP contribution in [0.3, 0.4) is 0 Å². The lowest BCUT2D eigenvalue weighted by molar-refractivity contribution is -0.384. The van der Waals surface area contributed by atoms with E-state index in [1.807, 2.05) is 6.07 Å². The van der Waals surface area contributed by atoms with Crippen molar-refractivity contribution in [1.29, 1.82) is 0 Å². The van der Waals surface area contributed by atoms with Gasteiger partial charge in [-0.2, -0.15) is 0 Å².